The summed E-state index contributed by atoms with van der Waals surface area (Å²) < 4.78 is 0. The molecule has 0 fully saturated rings. The first-order chi connectivity index (χ1) is 10.6. The number of nitro groups is 1. The fourth-order valence-electron chi connectivity index (χ4n) is 1.91. The standard InChI is InChI=1S/C12H11N7O2S/c13-12(18-19(20)21)16-6-7-1-2-9-8(5-7)17-10-11(22-9)15-4-3-14-10/h1-5H,6H2,(H,14,17)(H3,13,16,18). The molecular weight excluding hydrogens is 306 g/mol. The maximum absolute atomic E-state index is 10.2. The molecule has 112 valence electrons. The number of hydrogen-bond acceptors (Lipinski definition) is 6. The molecule has 10 heteroatoms. The number of benzene rings is 1. The number of rotatable bonds is 3. The molecule has 0 saturated carbocycles. The number of aromatic nitrogens is 2. The van der Waals surface area contributed by atoms with E-state index >= 15 is 0 Å². The average molecular weight is 317 g/mol. The van der Waals surface area contributed by atoms with Gasteiger partial charge in [0.2, 0.25) is 0 Å². The Kier molecular flexibility index (Phi) is 3.74. The van der Waals surface area contributed by atoms with Crippen LogP contribution in [-0.2, 0) is 6.54 Å². The zero-order chi connectivity index (χ0) is 15.5. The Labute approximate surface area is 129 Å². The molecule has 1 aliphatic rings. The van der Waals surface area contributed by atoms with Gasteiger partial charge in [-0.25, -0.2) is 20.1 Å². The van der Waals surface area contributed by atoms with Gasteiger partial charge in [0.15, 0.2) is 10.9 Å². The summed E-state index contributed by atoms with van der Waals surface area (Å²) in [5.41, 5.74) is 7.19. The number of hydrogen-bond donors (Lipinski definition) is 3. The summed E-state index contributed by atoms with van der Waals surface area (Å²) in [6, 6.07) is 5.77. The first-order valence-corrected chi connectivity index (χ1v) is 7.04. The number of nitrogens with one attached hydrogen (secondary N) is 2. The average Bonchev–Trinajstić information content (AvgIpc) is 2.50. The second-order valence-electron chi connectivity index (χ2n) is 4.34. The van der Waals surface area contributed by atoms with Crippen molar-refractivity contribution >= 4 is 29.2 Å². The molecule has 0 unspecified atom stereocenters. The number of nitrogens with two attached hydrogens (primary N) is 1. The van der Waals surface area contributed by atoms with Gasteiger partial charge in [0.1, 0.15) is 10.1 Å². The molecule has 0 spiro atoms. The van der Waals surface area contributed by atoms with E-state index in [0.717, 1.165) is 21.2 Å². The SMILES string of the molecule is N/C(=N\[N+](=O)[O-])NCc1ccc2c(c1)Nc1nccnc1S2. The van der Waals surface area contributed by atoms with Gasteiger partial charge in [-0.3, -0.25) is 0 Å². The summed E-state index contributed by atoms with van der Waals surface area (Å²) in [7, 11) is 0. The first-order valence-electron chi connectivity index (χ1n) is 6.23. The molecule has 2 aromatic rings. The fraction of sp³-hybridized carbons (Fsp3) is 0.0833. The fourth-order valence-corrected chi connectivity index (χ4v) is 2.79. The number of fused-ring (bicyclic) bond motifs is 2. The molecule has 0 atom stereocenters. The summed E-state index contributed by atoms with van der Waals surface area (Å²) in [5.74, 6) is 0.473. The minimum Gasteiger partial charge on any atom is -0.365 e. The van der Waals surface area contributed by atoms with Gasteiger partial charge in [-0.15, -0.1) is 0 Å². The van der Waals surface area contributed by atoms with Gasteiger partial charge in [-0.05, 0) is 17.7 Å². The lowest BCUT2D eigenvalue weighted by Crippen LogP contribution is -2.31. The molecule has 0 radical (unpaired) electrons. The minimum absolute atomic E-state index is 0.235. The van der Waals surface area contributed by atoms with Crippen LogP contribution in [0.3, 0.4) is 0 Å². The zero-order valence-corrected chi connectivity index (χ0v) is 12.0. The highest BCUT2D eigenvalue weighted by atomic mass is 32.2. The smallest absolute Gasteiger partial charge is 0.266 e. The molecule has 2 heterocycles. The number of guanidine groups is 1. The molecule has 1 aromatic carbocycles. The van der Waals surface area contributed by atoms with Crippen LogP contribution in [0, 0.1) is 10.1 Å². The van der Waals surface area contributed by atoms with Crippen LogP contribution in [0.25, 0.3) is 0 Å². The molecule has 0 aliphatic carbocycles. The van der Waals surface area contributed by atoms with Crippen LogP contribution < -0.4 is 16.4 Å². The Bertz CT molecular complexity index is 765. The van der Waals surface area contributed by atoms with E-state index < -0.39 is 5.03 Å². The number of anilines is 2. The van der Waals surface area contributed by atoms with E-state index in [-0.39, 0.29) is 5.96 Å². The molecule has 9 nitrogen and oxygen atoms in total. The van der Waals surface area contributed by atoms with Crippen LogP contribution in [0.1, 0.15) is 5.56 Å². The lowest BCUT2D eigenvalue weighted by molar-refractivity contribution is -0.485. The van der Waals surface area contributed by atoms with Crippen molar-refractivity contribution in [3.63, 3.8) is 0 Å². The van der Waals surface area contributed by atoms with Crippen molar-refractivity contribution in [3.05, 3.63) is 46.3 Å². The number of hydrazone groups is 1. The molecule has 0 amide bonds. The van der Waals surface area contributed by atoms with Gasteiger partial charge in [0.05, 0.1) is 5.69 Å². The number of nitrogens with zero attached hydrogens (tertiary/aromatic N) is 4. The predicted octanol–water partition coefficient (Wildman–Crippen LogP) is 1.28. The van der Waals surface area contributed by atoms with Gasteiger partial charge in [-0.1, -0.05) is 17.8 Å². The largest absolute Gasteiger partial charge is 0.365 e. The van der Waals surface area contributed by atoms with Crippen LogP contribution in [-0.4, -0.2) is 21.0 Å². The third-order valence-electron chi connectivity index (χ3n) is 2.83. The van der Waals surface area contributed by atoms with Crippen molar-refractivity contribution in [2.45, 2.75) is 16.5 Å². The van der Waals surface area contributed by atoms with Gasteiger partial charge >= 0.3 is 0 Å². The summed E-state index contributed by atoms with van der Waals surface area (Å²) in [4.78, 5) is 19.7. The van der Waals surface area contributed by atoms with E-state index in [1.807, 2.05) is 18.2 Å². The Hall–Kier alpha value is -2.88. The Morgan fingerprint density at radius 3 is 3.09 bits per heavy atom. The van der Waals surface area contributed by atoms with Gasteiger partial charge in [0, 0.05) is 23.8 Å². The zero-order valence-electron chi connectivity index (χ0n) is 11.2. The molecule has 1 aromatic heterocycles. The van der Waals surface area contributed by atoms with Crippen molar-refractivity contribution in [1.82, 2.24) is 15.3 Å². The topological polar surface area (TPSA) is 131 Å². The van der Waals surface area contributed by atoms with Crippen LogP contribution in [0.5, 0.6) is 0 Å². The second kappa shape index (κ2) is 5.85. The van der Waals surface area contributed by atoms with E-state index in [9.17, 15) is 10.1 Å². The van der Waals surface area contributed by atoms with Crippen molar-refractivity contribution in [3.8, 4) is 0 Å². The second-order valence-corrected chi connectivity index (χ2v) is 5.37. The first kappa shape index (κ1) is 14.1. The van der Waals surface area contributed by atoms with Crippen molar-refractivity contribution in [1.29, 1.82) is 0 Å². The van der Waals surface area contributed by atoms with Crippen molar-refractivity contribution < 1.29 is 5.03 Å². The normalized spacial score (nSPS) is 12.8. The lowest BCUT2D eigenvalue weighted by atomic mass is 10.2. The highest BCUT2D eigenvalue weighted by molar-refractivity contribution is 7.99. The van der Waals surface area contributed by atoms with E-state index in [0.29, 0.717) is 12.4 Å². The maximum Gasteiger partial charge on any atom is 0.266 e. The molecule has 3 rings (SSSR count). The van der Waals surface area contributed by atoms with Crippen molar-refractivity contribution in [2.24, 2.45) is 10.8 Å². The highest BCUT2D eigenvalue weighted by Crippen LogP contribution is 2.41. The quantitative estimate of drug-likeness (QED) is 0.285. The molecule has 22 heavy (non-hydrogen) atoms. The van der Waals surface area contributed by atoms with Gasteiger partial charge < -0.3 is 16.4 Å². The third kappa shape index (κ3) is 3.06. The summed E-state index contributed by atoms with van der Waals surface area (Å²) in [5, 5.41) is 19.0. The van der Waals surface area contributed by atoms with Crippen LogP contribution in [0.2, 0.25) is 0 Å². The molecule has 0 bridgehead atoms. The van der Waals surface area contributed by atoms with E-state index in [1.54, 1.807) is 12.4 Å². The maximum atomic E-state index is 10.2. The molecule has 4 N–H and O–H groups in total. The molecular formula is C12H11N7O2S. The summed E-state index contributed by atoms with van der Waals surface area (Å²) >= 11 is 1.53. The highest BCUT2D eigenvalue weighted by Gasteiger charge is 2.17. The molecule has 1 aliphatic heterocycles. The van der Waals surface area contributed by atoms with Gasteiger partial charge in [0.25, 0.3) is 5.96 Å². The van der Waals surface area contributed by atoms with Crippen LogP contribution in [0.4, 0.5) is 11.5 Å². The Balaban J connectivity index is 1.74. The van der Waals surface area contributed by atoms with Crippen LogP contribution in [0.15, 0.2) is 45.6 Å². The van der Waals surface area contributed by atoms with E-state index in [4.69, 9.17) is 5.73 Å². The van der Waals surface area contributed by atoms with Crippen LogP contribution >= 0.6 is 11.8 Å². The summed E-state index contributed by atoms with van der Waals surface area (Å²) in [6.07, 6.45) is 3.27. The molecule has 0 saturated heterocycles. The van der Waals surface area contributed by atoms with Gasteiger partial charge in [-0.2, -0.15) is 0 Å². The Morgan fingerprint density at radius 2 is 2.27 bits per heavy atom. The lowest BCUT2D eigenvalue weighted by Gasteiger charge is -2.19. The van der Waals surface area contributed by atoms with E-state index in [1.165, 1.54) is 11.8 Å². The minimum atomic E-state index is -0.844. The summed E-state index contributed by atoms with van der Waals surface area (Å²) in [6.45, 7) is 0.329. The Morgan fingerprint density at radius 1 is 1.45 bits per heavy atom. The van der Waals surface area contributed by atoms with Crippen molar-refractivity contribution in [2.75, 3.05) is 5.32 Å². The van der Waals surface area contributed by atoms with E-state index in [2.05, 4.69) is 25.7 Å². The predicted molar refractivity (Wildman–Crippen MR) is 81.3 cm³/mol. The monoisotopic (exact) mass is 317 g/mol. The third-order valence-corrected chi connectivity index (χ3v) is 3.90.